The van der Waals surface area contributed by atoms with Crippen molar-refractivity contribution in [3.05, 3.63) is 54.1 Å². The van der Waals surface area contributed by atoms with Crippen LogP contribution in [0.2, 0.25) is 0 Å². The molecule has 0 aromatic heterocycles. The lowest BCUT2D eigenvalue weighted by molar-refractivity contribution is -0.115. The number of anilines is 3. The van der Waals surface area contributed by atoms with E-state index in [0.29, 0.717) is 0 Å². The highest BCUT2D eigenvalue weighted by Crippen LogP contribution is 2.29. The summed E-state index contributed by atoms with van der Waals surface area (Å²) in [6.45, 7) is 5.89. The highest BCUT2D eigenvalue weighted by Gasteiger charge is 2.19. The van der Waals surface area contributed by atoms with E-state index in [1.54, 1.807) is 0 Å². The van der Waals surface area contributed by atoms with Crippen LogP contribution in [0.15, 0.2) is 48.5 Å². The first-order chi connectivity index (χ1) is 14.0. The van der Waals surface area contributed by atoms with Gasteiger partial charge in [-0.3, -0.25) is 9.59 Å². The molecule has 0 bridgehead atoms. The number of nitrogens with one attached hydrogen (secondary N) is 2. The van der Waals surface area contributed by atoms with Gasteiger partial charge in [0.2, 0.25) is 11.8 Å². The number of piperidine rings is 1. The van der Waals surface area contributed by atoms with Crippen LogP contribution in [0.5, 0.6) is 0 Å². The molecule has 1 unspecified atom stereocenters. The average molecular weight is 412 g/mol. The van der Waals surface area contributed by atoms with Crippen molar-refractivity contribution in [1.29, 1.82) is 0 Å². The zero-order chi connectivity index (χ0) is 20.6. The minimum Gasteiger partial charge on any atom is -0.370 e. The van der Waals surface area contributed by atoms with E-state index in [1.165, 1.54) is 31.0 Å². The summed E-state index contributed by atoms with van der Waals surface area (Å²) in [5.74, 6) is 0.0470. The van der Waals surface area contributed by atoms with E-state index >= 15 is 0 Å². The van der Waals surface area contributed by atoms with Crippen LogP contribution in [0.25, 0.3) is 0 Å². The molecule has 1 saturated heterocycles. The summed E-state index contributed by atoms with van der Waals surface area (Å²) < 4.78 is 0. The molecule has 2 amide bonds. The molecule has 2 aromatic carbocycles. The van der Waals surface area contributed by atoms with Gasteiger partial charge in [0.25, 0.3) is 0 Å². The second kappa shape index (κ2) is 10.3. The summed E-state index contributed by atoms with van der Waals surface area (Å²) in [5, 5.41) is 5.60. The van der Waals surface area contributed by atoms with Gasteiger partial charge in [0.15, 0.2) is 0 Å². The average Bonchev–Trinajstić information content (AvgIpc) is 2.74. The molecule has 1 aliphatic rings. The number of carbonyl (C=O) groups excluding carboxylic acids is 2. The first kappa shape index (κ1) is 21.2. The monoisotopic (exact) mass is 411 g/mol. The molecule has 2 aromatic rings. The predicted octanol–water partition coefficient (Wildman–Crippen LogP) is 4.68. The third kappa shape index (κ3) is 6.26. The Morgan fingerprint density at radius 2 is 1.69 bits per heavy atom. The van der Waals surface area contributed by atoms with E-state index in [9.17, 15) is 9.59 Å². The molecule has 0 radical (unpaired) electrons. The lowest BCUT2D eigenvalue weighted by Crippen LogP contribution is -2.31. The van der Waals surface area contributed by atoms with Crippen LogP contribution in [0, 0.1) is 6.92 Å². The highest BCUT2D eigenvalue weighted by molar-refractivity contribution is 8.01. The minimum atomic E-state index is -0.326. The number of hydrogen-bond acceptors (Lipinski definition) is 4. The van der Waals surface area contributed by atoms with Crippen molar-refractivity contribution in [3.8, 4) is 0 Å². The highest BCUT2D eigenvalue weighted by atomic mass is 32.2. The Morgan fingerprint density at radius 3 is 2.41 bits per heavy atom. The molecular formula is C23H29N3O2S. The Kier molecular flexibility index (Phi) is 7.58. The fourth-order valence-electron chi connectivity index (χ4n) is 3.33. The Labute approximate surface area is 177 Å². The lowest BCUT2D eigenvalue weighted by Gasteiger charge is -2.30. The number of thioether (sulfide) groups is 1. The van der Waals surface area contributed by atoms with Gasteiger partial charge in [-0.1, -0.05) is 29.8 Å². The van der Waals surface area contributed by atoms with Gasteiger partial charge in [-0.25, -0.2) is 0 Å². The number of rotatable bonds is 7. The minimum absolute atomic E-state index is 0.0809. The van der Waals surface area contributed by atoms with Gasteiger partial charge in [0.05, 0.1) is 22.4 Å². The molecular weight excluding hydrogens is 382 g/mol. The third-order valence-corrected chi connectivity index (χ3v) is 6.17. The van der Waals surface area contributed by atoms with Crippen molar-refractivity contribution in [2.24, 2.45) is 0 Å². The molecule has 0 saturated carbocycles. The van der Waals surface area contributed by atoms with E-state index in [-0.39, 0.29) is 22.8 Å². The molecule has 0 aliphatic carbocycles. The van der Waals surface area contributed by atoms with E-state index < -0.39 is 0 Å². The fraction of sp³-hybridized carbons (Fsp3) is 0.391. The summed E-state index contributed by atoms with van der Waals surface area (Å²) in [6.07, 6.45) is 3.64. The Morgan fingerprint density at radius 1 is 1.00 bits per heavy atom. The first-order valence-electron chi connectivity index (χ1n) is 10.2. The maximum absolute atomic E-state index is 12.7. The molecule has 0 spiro atoms. The van der Waals surface area contributed by atoms with Crippen LogP contribution in [0.3, 0.4) is 0 Å². The maximum Gasteiger partial charge on any atom is 0.237 e. The molecule has 2 N–H and O–H groups in total. The second-order valence-electron chi connectivity index (χ2n) is 7.42. The molecule has 3 rings (SSSR count). The summed E-state index contributed by atoms with van der Waals surface area (Å²) in [5.41, 5.74) is 3.84. The topological polar surface area (TPSA) is 61.4 Å². The van der Waals surface area contributed by atoms with Crippen LogP contribution < -0.4 is 15.5 Å². The van der Waals surface area contributed by atoms with Crippen LogP contribution in [-0.2, 0) is 9.59 Å². The van der Waals surface area contributed by atoms with Gasteiger partial charge in [-0.2, -0.15) is 0 Å². The Hall–Kier alpha value is -2.47. The Bertz CT molecular complexity index is 832. The van der Waals surface area contributed by atoms with Crippen LogP contribution in [-0.4, -0.2) is 35.9 Å². The van der Waals surface area contributed by atoms with Gasteiger partial charge >= 0.3 is 0 Å². The number of carbonyl (C=O) groups is 2. The van der Waals surface area contributed by atoms with E-state index in [4.69, 9.17) is 0 Å². The van der Waals surface area contributed by atoms with E-state index in [0.717, 1.165) is 35.7 Å². The molecule has 1 aliphatic heterocycles. The SMILES string of the molecule is Cc1ccc(NC(=O)CSC(C)C(=O)Nc2ccccc2N2CCCCC2)cc1. The zero-order valence-electron chi connectivity index (χ0n) is 17.1. The number of para-hydroxylation sites is 2. The number of nitrogens with zero attached hydrogens (tertiary/aromatic N) is 1. The van der Waals surface area contributed by atoms with Crippen molar-refractivity contribution in [1.82, 2.24) is 0 Å². The Balaban J connectivity index is 1.51. The van der Waals surface area contributed by atoms with Gasteiger partial charge < -0.3 is 15.5 Å². The van der Waals surface area contributed by atoms with Crippen molar-refractivity contribution < 1.29 is 9.59 Å². The predicted molar refractivity (Wildman–Crippen MR) is 123 cm³/mol. The zero-order valence-corrected chi connectivity index (χ0v) is 17.9. The first-order valence-corrected chi connectivity index (χ1v) is 11.2. The molecule has 1 fully saturated rings. The molecule has 6 heteroatoms. The second-order valence-corrected chi connectivity index (χ2v) is 8.75. The van der Waals surface area contributed by atoms with Gasteiger partial charge in [-0.15, -0.1) is 11.8 Å². The standard InChI is InChI=1S/C23H29N3O2S/c1-17-10-12-19(13-11-17)24-22(27)16-29-18(2)23(28)25-20-8-4-5-9-21(20)26-14-6-3-7-15-26/h4-5,8-13,18H,3,6-7,14-16H2,1-2H3,(H,24,27)(H,25,28). The largest absolute Gasteiger partial charge is 0.370 e. The fourth-order valence-corrected chi connectivity index (χ4v) is 4.02. The summed E-state index contributed by atoms with van der Waals surface area (Å²) in [7, 11) is 0. The van der Waals surface area contributed by atoms with Crippen molar-refractivity contribution >= 4 is 40.6 Å². The summed E-state index contributed by atoms with van der Waals surface area (Å²) in [4.78, 5) is 27.2. The lowest BCUT2D eigenvalue weighted by atomic mass is 10.1. The van der Waals surface area contributed by atoms with Crippen molar-refractivity contribution in [2.75, 3.05) is 34.4 Å². The number of hydrogen-bond donors (Lipinski definition) is 2. The van der Waals surface area contributed by atoms with Gasteiger partial charge in [0, 0.05) is 18.8 Å². The van der Waals surface area contributed by atoms with Crippen LogP contribution in [0.1, 0.15) is 31.7 Å². The van der Waals surface area contributed by atoms with E-state index in [1.807, 2.05) is 56.3 Å². The number of amides is 2. The van der Waals surface area contributed by atoms with Gasteiger partial charge in [0.1, 0.15) is 0 Å². The van der Waals surface area contributed by atoms with E-state index in [2.05, 4.69) is 21.6 Å². The van der Waals surface area contributed by atoms with Crippen LogP contribution in [0.4, 0.5) is 17.1 Å². The molecule has 1 heterocycles. The van der Waals surface area contributed by atoms with Crippen molar-refractivity contribution in [3.63, 3.8) is 0 Å². The smallest absolute Gasteiger partial charge is 0.237 e. The number of aryl methyl sites for hydroxylation is 1. The quantitative estimate of drug-likeness (QED) is 0.694. The molecule has 1 atom stereocenters. The number of benzene rings is 2. The normalized spacial score (nSPS) is 14.9. The maximum atomic E-state index is 12.7. The summed E-state index contributed by atoms with van der Waals surface area (Å²) in [6, 6.07) is 15.6. The van der Waals surface area contributed by atoms with Crippen molar-refractivity contribution in [2.45, 2.75) is 38.4 Å². The van der Waals surface area contributed by atoms with Gasteiger partial charge in [-0.05, 0) is 57.4 Å². The van der Waals surface area contributed by atoms with Crippen LogP contribution >= 0.6 is 11.8 Å². The molecule has 5 nitrogen and oxygen atoms in total. The molecule has 29 heavy (non-hydrogen) atoms. The third-order valence-electron chi connectivity index (χ3n) is 5.03. The summed E-state index contributed by atoms with van der Waals surface area (Å²) >= 11 is 1.34. The molecule has 154 valence electrons.